The highest BCUT2D eigenvalue weighted by molar-refractivity contribution is 7.15. The van der Waals surface area contributed by atoms with E-state index in [2.05, 4.69) is 10.3 Å². The van der Waals surface area contributed by atoms with Gasteiger partial charge in [-0.05, 0) is 43.7 Å². The van der Waals surface area contributed by atoms with Crippen molar-refractivity contribution in [1.29, 1.82) is 0 Å². The molecule has 0 spiro atoms. The number of rotatable bonds is 4. The first-order valence-electron chi connectivity index (χ1n) is 7.58. The van der Waals surface area contributed by atoms with Gasteiger partial charge in [0.2, 0.25) is 0 Å². The zero-order valence-electron chi connectivity index (χ0n) is 13.5. The number of anilines is 1. The molecule has 0 bridgehead atoms. The molecule has 24 heavy (non-hydrogen) atoms. The normalized spacial score (nSPS) is 10.6. The average molecular weight is 357 g/mol. The van der Waals surface area contributed by atoms with Gasteiger partial charge < -0.3 is 0 Å². The number of halogens is 1. The smallest absolute Gasteiger partial charge is 0.257 e. The highest BCUT2D eigenvalue weighted by Crippen LogP contribution is 2.22. The lowest BCUT2D eigenvalue weighted by Gasteiger charge is -2.04. The Morgan fingerprint density at radius 1 is 1.12 bits per heavy atom. The summed E-state index contributed by atoms with van der Waals surface area (Å²) in [5.41, 5.74) is 3.96. The Morgan fingerprint density at radius 2 is 1.79 bits per heavy atom. The number of nitrogens with one attached hydrogen (secondary N) is 1. The highest BCUT2D eigenvalue weighted by atomic mass is 35.5. The molecule has 0 aliphatic rings. The molecular formula is C19H17ClN2OS. The molecule has 3 nitrogen and oxygen atoms in total. The quantitative estimate of drug-likeness (QED) is 0.693. The van der Waals surface area contributed by atoms with E-state index in [0.717, 1.165) is 33.0 Å². The minimum absolute atomic E-state index is 0.130. The molecule has 0 atom stereocenters. The van der Waals surface area contributed by atoms with E-state index in [1.807, 2.05) is 56.3 Å². The Labute approximate surface area is 150 Å². The number of carbonyl (C=O) groups is 1. The predicted octanol–water partition coefficient (Wildman–Crippen LogP) is 5.26. The molecule has 0 aliphatic carbocycles. The van der Waals surface area contributed by atoms with Gasteiger partial charge in [0.25, 0.3) is 5.91 Å². The molecule has 5 heteroatoms. The third kappa shape index (κ3) is 4.22. The first-order valence-corrected chi connectivity index (χ1v) is 8.78. The highest BCUT2D eigenvalue weighted by Gasteiger charge is 2.10. The van der Waals surface area contributed by atoms with Gasteiger partial charge in [-0.25, -0.2) is 4.98 Å². The maximum atomic E-state index is 12.4. The Bertz CT molecular complexity index is 851. The summed E-state index contributed by atoms with van der Waals surface area (Å²) in [4.78, 5) is 17.8. The zero-order chi connectivity index (χ0) is 17.1. The van der Waals surface area contributed by atoms with E-state index in [1.165, 1.54) is 11.3 Å². The Kier molecular flexibility index (Phi) is 4.97. The molecule has 3 rings (SSSR count). The molecular weight excluding hydrogens is 340 g/mol. The minimum atomic E-state index is -0.130. The largest absolute Gasteiger partial charge is 0.298 e. The van der Waals surface area contributed by atoms with Gasteiger partial charge in [-0.1, -0.05) is 40.9 Å². The van der Waals surface area contributed by atoms with Crippen LogP contribution < -0.4 is 5.32 Å². The summed E-state index contributed by atoms with van der Waals surface area (Å²) in [6.45, 7) is 3.97. The Morgan fingerprint density at radius 3 is 2.46 bits per heavy atom. The number of carbonyl (C=O) groups excluding carboxylic acids is 1. The molecule has 0 aliphatic heterocycles. The Hall–Kier alpha value is -2.17. The molecule has 122 valence electrons. The monoisotopic (exact) mass is 356 g/mol. The van der Waals surface area contributed by atoms with Crippen LogP contribution in [0.3, 0.4) is 0 Å². The van der Waals surface area contributed by atoms with Crippen LogP contribution >= 0.6 is 22.9 Å². The summed E-state index contributed by atoms with van der Waals surface area (Å²) in [6, 6.07) is 13.5. The first kappa shape index (κ1) is 16.7. The van der Waals surface area contributed by atoms with Crippen molar-refractivity contribution in [2.75, 3.05) is 5.32 Å². The fraction of sp³-hybridized carbons (Fsp3) is 0.158. The van der Waals surface area contributed by atoms with E-state index in [-0.39, 0.29) is 5.91 Å². The van der Waals surface area contributed by atoms with Crippen LogP contribution in [0.4, 0.5) is 5.13 Å². The molecule has 1 aromatic heterocycles. The number of thiazole rings is 1. The van der Waals surface area contributed by atoms with Crippen LogP contribution in [0.5, 0.6) is 0 Å². The van der Waals surface area contributed by atoms with Gasteiger partial charge in [-0.3, -0.25) is 10.1 Å². The van der Waals surface area contributed by atoms with Crippen molar-refractivity contribution >= 4 is 34.0 Å². The number of aromatic nitrogens is 1. The lowest BCUT2D eigenvalue weighted by atomic mass is 10.1. The van der Waals surface area contributed by atoms with Crippen molar-refractivity contribution in [3.8, 4) is 0 Å². The van der Waals surface area contributed by atoms with E-state index in [1.54, 1.807) is 6.20 Å². The van der Waals surface area contributed by atoms with Crippen LogP contribution in [0.15, 0.2) is 48.7 Å². The van der Waals surface area contributed by atoms with Crippen LogP contribution in [0.25, 0.3) is 0 Å². The predicted molar refractivity (Wildman–Crippen MR) is 100 cm³/mol. The van der Waals surface area contributed by atoms with Gasteiger partial charge >= 0.3 is 0 Å². The molecule has 0 saturated carbocycles. The number of amides is 1. The third-order valence-electron chi connectivity index (χ3n) is 3.55. The molecule has 0 saturated heterocycles. The van der Waals surface area contributed by atoms with Crippen molar-refractivity contribution < 1.29 is 4.79 Å². The minimum Gasteiger partial charge on any atom is -0.298 e. The molecule has 2 aromatic carbocycles. The SMILES string of the molecule is Cc1cc(C)cc(C(=O)Nc2ncc(Cc3ccc(Cl)cc3)s2)c1. The molecule has 1 amide bonds. The van der Waals surface area contributed by atoms with E-state index >= 15 is 0 Å². The molecule has 1 heterocycles. The lowest BCUT2D eigenvalue weighted by Crippen LogP contribution is -2.12. The molecule has 3 aromatic rings. The average Bonchev–Trinajstić information content (AvgIpc) is 2.95. The van der Waals surface area contributed by atoms with E-state index in [4.69, 9.17) is 11.6 Å². The summed E-state index contributed by atoms with van der Waals surface area (Å²) in [5.74, 6) is -0.130. The number of benzene rings is 2. The van der Waals surface area contributed by atoms with Gasteiger partial charge in [0, 0.05) is 28.1 Å². The lowest BCUT2D eigenvalue weighted by molar-refractivity contribution is 0.102. The van der Waals surface area contributed by atoms with E-state index in [0.29, 0.717) is 10.7 Å². The van der Waals surface area contributed by atoms with Gasteiger partial charge in [-0.2, -0.15) is 0 Å². The van der Waals surface area contributed by atoms with Crippen molar-refractivity contribution in [2.45, 2.75) is 20.3 Å². The molecule has 1 N–H and O–H groups in total. The second kappa shape index (κ2) is 7.16. The van der Waals surface area contributed by atoms with Crippen LogP contribution in [0.2, 0.25) is 5.02 Å². The van der Waals surface area contributed by atoms with Crippen LogP contribution in [0, 0.1) is 13.8 Å². The van der Waals surface area contributed by atoms with Crippen LogP contribution in [-0.4, -0.2) is 10.9 Å². The maximum absolute atomic E-state index is 12.4. The number of hydrogen-bond acceptors (Lipinski definition) is 3. The summed E-state index contributed by atoms with van der Waals surface area (Å²) in [5, 5.41) is 4.22. The second-order valence-electron chi connectivity index (χ2n) is 5.77. The molecule has 0 fully saturated rings. The topological polar surface area (TPSA) is 42.0 Å². The number of nitrogens with zero attached hydrogens (tertiary/aromatic N) is 1. The van der Waals surface area contributed by atoms with Crippen molar-refractivity contribution in [3.63, 3.8) is 0 Å². The maximum Gasteiger partial charge on any atom is 0.257 e. The molecule has 0 radical (unpaired) electrons. The molecule has 0 unspecified atom stereocenters. The summed E-state index contributed by atoms with van der Waals surface area (Å²) >= 11 is 7.39. The van der Waals surface area contributed by atoms with Gasteiger partial charge in [0.05, 0.1) is 0 Å². The van der Waals surface area contributed by atoms with Crippen LogP contribution in [-0.2, 0) is 6.42 Å². The standard InChI is InChI=1S/C19H17ClN2OS/c1-12-7-13(2)9-15(8-12)18(23)22-19-21-11-17(24-19)10-14-3-5-16(20)6-4-14/h3-9,11H,10H2,1-2H3,(H,21,22,23). The van der Waals surface area contributed by atoms with Gasteiger partial charge in [-0.15, -0.1) is 11.3 Å². The van der Waals surface area contributed by atoms with Gasteiger partial charge in [0.15, 0.2) is 5.13 Å². The van der Waals surface area contributed by atoms with E-state index in [9.17, 15) is 4.79 Å². The van der Waals surface area contributed by atoms with Crippen molar-refractivity contribution in [3.05, 3.63) is 80.8 Å². The zero-order valence-corrected chi connectivity index (χ0v) is 15.0. The van der Waals surface area contributed by atoms with E-state index < -0.39 is 0 Å². The Balaban J connectivity index is 1.69. The third-order valence-corrected chi connectivity index (χ3v) is 4.71. The van der Waals surface area contributed by atoms with Gasteiger partial charge in [0.1, 0.15) is 0 Å². The number of aryl methyl sites for hydroxylation is 2. The van der Waals surface area contributed by atoms with Crippen molar-refractivity contribution in [2.24, 2.45) is 0 Å². The van der Waals surface area contributed by atoms with Crippen molar-refractivity contribution in [1.82, 2.24) is 4.98 Å². The second-order valence-corrected chi connectivity index (χ2v) is 7.32. The fourth-order valence-electron chi connectivity index (χ4n) is 2.53. The summed E-state index contributed by atoms with van der Waals surface area (Å²) in [7, 11) is 0. The number of hydrogen-bond donors (Lipinski definition) is 1. The summed E-state index contributed by atoms with van der Waals surface area (Å²) in [6.07, 6.45) is 2.57. The van der Waals surface area contributed by atoms with Crippen LogP contribution in [0.1, 0.15) is 31.9 Å². The first-order chi connectivity index (χ1) is 11.5. The summed E-state index contributed by atoms with van der Waals surface area (Å²) < 4.78 is 0. The fourth-order valence-corrected chi connectivity index (χ4v) is 3.49.